The predicted molar refractivity (Wildman–Crippen MR) is 232 cm³/mol. The van der Waals surface area contributed by atoms with Crippen molar-refractivity contribution in [1.82, 2.24) is 15.2 Å². The van der Waals surface area contributed by atoms with Crippen molar-refractivity contribution in [2.45, 2.75) is 18.5 Å². The van der Waals surface area contributed by atoms with E-state index in [2.05, 4.69) is 215 Å². The fourth-order valence-corrected chi connectivity index (χ4v) is 8.07. The van der Waals surface area contributed by atoms with Crippen molar-refractivity contribution >= 4 is 33.2 Å². The first-order valence-electron chi connectivity index (χ1n) is 19.2. The summed E-state index contributed by atoms with van der Waals surface area (Å²) >= 11 is 0. The topological polar surface area (TPSA) is 55.1 Å². The van der Waals surface area contributed by atoms with E-state index in [0.29, 0.717) is 0 Å². The minimum atomic E-state index is -0.168. The van der Waals surface area contributed by atoms with E-state index in [0.717, 1.165) is 50.4 Å². The van der Waals surface area contributed by atoms with Crippen molar-refractivity contribution in [1.29, 1.82) is 0 Å². The van der Waals surface area contributed by atoms with Crippen molar-refractivity contribution in [2.75, 3.05) is 5.32 Å². The van der Waals surface area contributed by atoms with Crippen LogP contribution in [-0.4, -0.2) is 4.57 Å². The molecule has 5 heteroatoms. The van der Waals surface area contributed by atoms with Gasteiger partial charge in [-0.2, -0.15) is 0 Å². The van der Waals surface area contributed by atoms with E-state index in [4.69, 9.17) is 5.32 Å². The number of hydrogen-bond acceptors (Lipinski definition) is 3. The molecule has 56 heavy (non-hydrogen) atoms. The van der Waals surface area contributed by atoms with Gasteiger partial charge < -0.3 is 25.8 Å². The van der Waals surface area contributed by atoms with Crippen LogP contribution in [0.4, 0.5) is 11.4 Å². The fourth-order valence-electron chi connectivity index (χ4n) is 8.07. The second-order valence-corrected chi connectivity index (χ2v) is 14.3. The molecule has 3 N–H and O–H groups in total. The average molecular weight is 723 g/mol. The monoisotopic (exact) mass is 722 g/mol. The molecule has 0 bridgehead atoms. The summed E-state index contributed by atoms with van der Waals surface area (Å²) in [6, 6.07) is 73.2. The van der Waals surface area contributed by atoms with Crippen molar-refractivity contribution < 1.29 is 0 Å². The maximum atomic E-state index is 5.20. The Morgan fingerprint density at radius 3 is 1.62 bits per heavy atom. The van der Waals surface area contributed by atoms with Gasteiger partial charge >= 0.3 is 0 Å². The molecule has 0 saturated carbocycles. The highest BCUT2D eigenvalue weighted by molar-refractivity contribution is 6.13. The normalized spacial score (nSPS) is 16.9. The summed E-state index contributed by atoms with van der Waals surface area (Å²) in [6.07, 6.45) is -0.475. The summed E-state index contributed by atoms with van der Waals surface area (Å²) in [7, 11) is 0. The zero-order valence-corrected chi connectivity index (χ0v) is 30.8. The zero-order valence-electron chi connectivity index (χ0n) is 30.8. The summed E-state index contributed by atoms with van der Waals surface area (Å²) < 4.78 is 2.40. The standard InChI is InChI=1S/C51H40N5/c1-6-17-35(18-7-1)39-29-30-43-45-33-44(36-19-8-2-9-20-36)46(34-48(45)56(47(43)32-39)42-27-14-5-15-28-42)52-41-26-16-25-40(31-41)51-54-49(37-21-10-3-11-22-37)53-50(55-51)38-23-12-4-13-24-38/h1-34,49-52,54-55H/q-1. The first-order chi connectivity index (χ1) is 27.7. The van der Waals surface area contributed by atoms with Gasteiger partial charge in [-0.15, -0.1) is 0 Å². The number of aromatic nitrogens is 1. The van der Waals surface area contributed by atoms with Gasteiger partial charge in [-0.25, -0.2) is 0 Å². The smallest absolute Gasteiger partial charge is 0.0815 e. The van der Waals surface area contributed by atoms with Gasteiger partial charge in [0.15, 0.2) is 0 Å². The summed E-state index contributed by atoms with van der Waals surface area (Å²) in [5, 5.41) is 19.1. The molecule has 10 rings (SSSR count). The third-order valence-corrected chi connectivity index (χ3v) is 10.8. The first-order valence-corrected chi connectivity index (χ1v) is 19.2. The van der Waals surface area contributed by atoms with Crippen LogP contribution in [0.15, 0.2) is 206 Å². The molecule has 0 spiro atoms. The molecular weight excluding hydrogens is 683 g/mol. The molecule has 2 unspecified atom stereocenters. The maximum absolute atomic E-state index is 5.20. The van der Waals surface area contributed by atoms with Gasteiger partial charge in [0.05, 0.1) is 17.2 Å². The number of benzene rings is 8. The SMILES string of the molecule is c1ccc(-c2ccc3c4cc(-c5ccccc5)c(Nc5cccc(C6NC(c7ccccc7)[N-]C(c7ccccc7)N6)c5)cc4n(-c4ccccc4)c3c2)cc1. The molecule has 9 aromatic rings. The van der Waals surface area contributed by atoms with Crippen LogP contribution in [0, 0.1) is 0 Å². The summed E-state index contributed by atoms with van der Waals surface area (Å²) in [6.45, 7) is 0. The molecule has 0 amide bonds. The van der Waals surface area contributed by atoms with E-state index in [1.807, 2.05) is 12.1 Å². The molecule has 270 valence electrons. The Bertz CT molecular complexity index is 2700. The van der Waals surface area contributed by atoms with Crippen LogP contribution < -0.4 is 16.0 Å². The van der Waals surface area contributed by atoms with Gasteiger partial charge in [0.25, 0.3) is 0 Å². The quantitative estimate of drug-likeness (QED) is 0.146. The van der Waals surface area contributed by atoms with Crippen molar-refractivity contribution in [2.24, 2.45) is 0 Å². The molecule has 8 aromatic carbocycles. The molecule has 0 aliphatic carbocycles. The van der Waals surface area contributed by atoms with Gasteiger partial charge in [-0.3, -0.25) is 0 Å². The highest BCUT2D eigenvalue weighted by atomic mass is 15.4. The van der Waals surface area contributed by atoms with E-state index in [-0.39, 0.29) is 18.5 Å². The highest BCUT2D eigenvalue weighted by Gasteiger charge is 2.23. The van der Waals surface area contributed by atoms with Crippen LogP contribution in [0.5, 0.6) is 0 Å². The Kier molecular flexibility index (Phi) is 8.94. The molecule has 1 aromatic heterocycles. The molecule has 0 radical (unpaired) electrons. The predicted octanol–water partition coefficient (Wildman–Crippen LogP) is 12.8. The van der Waals surface area contributed by atoms with E-state index < -0.39 is 0 Å². The second-order valence-electron chi connectivity index (χ2n) is 14.3. The molecule has 1 fully saturated rings. The van der Waals surface area contributed by atoms with Crippen LogP contribution >= 0.6 is 0 Å². The molecule has 1 aliphatic heterocycles. The molecule has 1 aliphatic rings. The Balaban J connectivity index is 1.09. The van der Waals surface area contributed by atoms with E-state index in [9.17, 15) is 0 Å². The van der Waals surface area contributed by atoms with Gasteiger partial charge in [0, 0.05) is 33.4 Å². The third kappa shape index (κ3) is 6.54. The number of anilines is 2. The summed E-state index contributed by atoms with van der Waals surface area (Å²) in [5.74, 6) is 0. The van der Waals surface area contributed by atoms with Crippen LogP contribution in [0.25, 0.3) is 55.1 Å². The van der Waals surface area contributed by atoms with Crippen LogP contribution in [0.1, 0.15) is 35.2 Å². The van der Waals surface area contributed by atoms with E-state index in [1.165, 1.54) is 27.4 Å². The summed E-state index contributed by atoms with van der Waals surface area (Å²) in [5.41, 5.74) is 13.6. The lowest BCUT2D eigenvalue weighted by Gasteiger charge is -2.50. The van der Waals surface area contributed by atoms with Crippen LogP contribution in [-0.2, 0) is 0 Å². The second kappa shape index (κ2) is 14.8. The zero-order chi connectivity index (χ0) is 37.3. The molecule has 1 saturated heterocycles. The van der Waals surface area contributed by atoms with E-state index >= 15 is 0 Å². The van der Waals surface area contributed by atoms with Crippen LogP contribution in [0.3, 0.4) is 0 Å². The highest BCUT2D eigenvalue weighted by Crippen LogP contribution is 2.42. The minimum absolute atomic E-state index is 0.139. The Morgan fingerprint density at radius 1 is 0.429 bits per heavy atom. The van der Waals surface area contributed by atoms with E-state index in [1.54, 1.807) is 0 Å². The molecular formula is C51H40N5-. The number of para-hydroxylation sites is 1. The van der Waals surface area contributed by atoms with Gasteiger partial charge in [-0.05, 0) is 64.7 Å². The largest absolute Gasteiger partial charge is 0.624 e. The van der Waals surface area contributed by atoms with Gasteiger partial charge in [0.2, 0.25) is 0 Å². The lowest BCUT2D eigenvalue weighted by Crippen LogP contribution is -2.44. The lowest BCUT2D eigenvalue weighted by atomic mass is 9.99. The van der Waals surface area contributed by atoms with Crippen molar-refractivity contribution in [3.8, 4) is 27.9 Å². The summed E-state index contributed by atoms with van der Waals surface area (Å²) in [4.78, 5) is 0. The Labute approximate surface area is 327 Å². The van der Waals surface area contributed by atoms with Gasteiger partial charge in [0.1, 0.15) is 0 Å². The average Bonchev–Trinajstić information content (AvgIpc) is 3.60. The number of rotatable bonds is 8. The minimum Gasteiger partial charge on any atom is -0.624 e. The number of nitrogens with zero attached hydrogens (tertiary/aromatic N) is 2. The van der Waals surface area contributed by atoms with Crippen LogP contribution in [0.2, 0.25) is 0 Å². The molecule has 2 atom stereocenters. The van der Waals surface area contributed by atoms with Gasteiger partial charge in [-0.1, -0.05) is 187 Å². The lowest BCUT2D eigenvalue weighted by molar-refractivity contribution is 0.316. The Morgan fingerprint density at radius 2 is 0.982 bits per heavy atom. The number of nitrogens with one attached hydrogen (secondary N) is 3. The Hall–Kier alpha value is -6.76. The first kappa shape index (κ1) is 33.8. The molecule has 5 nitrogen and oxygen atoms in total. The maximum Gasteiger partial charge on any atom is 0.0815 e. The fraction of sp³-hybridized carbons (Fsp3) is 0.0588. The van der Waals surface area contributed by atoms with Crippen molar-refractivity contribution in [3.63, 3.8) is 0 Å². The number of hydrogen-bond donors (Lipinski definition) is 3. The third-order valence-electron chi connectivity index (χ3n) is 10.8. The molecule has 2 heterocycles. The van der Waals surface area contributed by atoms with Crippen molar-refractivity contribution in [3.05, 3.63) is 228 Å². The number of fused-ring (bicyclic) bond motifs is 3.